The van der Waals surface area contributed by atoms with E-state index in [1.807, 2.05) is 0 Å². The number of hydrogen-bond donors (Lipinski definition) is 2. The van der Waals surface area contributed by atoms with Crippen molar-refractivity contribution in [3.05, 3.63) is 28.8 Å². The summed E-state index contributed by atoms with van der Waals surface area (Å²) in [5, 5.41) is 2.83. The molecule has 1 amide bonds. The molecule has 0 aliphatic heterocycles. The lowest BCUT2D eigenvalue weighted by Crippen LogP contribution is -2.40. The zero-order chi connectivity index (χ0) is 18.6. The van der Waals surface area contributed by atoms with Crippen LogP contribution in [-0.4, -0.2) is 39.5 Å². The smallest absolute Gasteiger partial charge is 0.338 e. The van der Waals surface area contributed by atoms with Gasteiger partial charge in [-0.3, -0.25) is 4.79 Å². The standard InChI is InChI=1S/C16H21ClN2O5S/c1-10(15(20)19-12-5-3-4-6-12)24-16(21)11-7-8-13(17)14(9-11)25(22,23)18-2/h7-10,12,18H,3-6H2,1-2H3,(H,19,20)/t10-/m1/s1. The van der Waals surface area contributed by atoms with Crippen molar-refractivity contribution in [3.8, 4) is 0 Å². The van der Waals surface area contributed by atoms with E-state index in [2.05, 4.69) is 10.0 Å². The van der Waals surface area contributed by atoms with E-state index in [0.29, 0.717) is 0 Å². The van der Waals surface area contributed by atoms with Crippen molar-refractivity contribution >= 4 is 33.5 Å². The van der Waals surface area contributed by atoms with Crippen LogP contribution >= 0.6 is 11.6 Å². The van der Waals surface area contributed by atoms with Gasteiger partial charge in [-0.2, -0.15) is 0 Å². The lowest BCUT2D eigenvalue weighted by atomic mass is 10.2. The Morgan fingerprint density at radius 2 is 1.92 bits per heavy atom. The third-order valence-corrected chi connectivity index (χ3v) is 5.98. The van der Waals surface area contributed by atoms with Gasteiger partial charge in [0.2, 0.25) is 10.0 Å². The first-order valence-corrected chi connectivity index (χ1v) is 9.85. The minimum atomic E-state index is -3.81. The van der Waals surface area contributed by atoms with Gasteiger partial charge in [-0.15, -0.1) is 0 Å². The number of sulfonamides is 1. The fourth-order valence-corrected chi connectivity index (χ4v) is 3.87. The van der Waals surface area contributed by atoms with Crippen LogP contribution in [0, 0.1) is 0 Å². The van der Waals surface area contributed by atoms with Gasteiger partial charge in [0.1, 0.15) is 4.90 Å². The van der Waals surface area contributed by atoms with Gasteiger partial charge in [0, 0.05) is 6.04 Å². The maximum atomic E-state index is 12.2. The maximum absolute atomic E-state index is 12.2. The molecule has 0 heterocycles. The second kappa shape index (κ2) is 8.16. The highest BCUT2D eigenvalue weighted by Gasteiger charge is 2.25. The van der Waals surface area contributed by atoms with Crippen molar-refractivity contribution in [3.63, 3.8) is 0 Å². The molecule has 1 aromatic carbocycles. The molecule has 2 rings (SSSR count). The second-order valence-corrected chi connectivity index (χ2v) is 8.15. The van der Waals surface area contributed by atoms with E-state index in [9.17, 15) is 18.0 Å². The summed E-state index contributed by atoms with van der Waals surface area (Å²) in [6, 6.07) is 3.89. The molecule has 2 N–H and O–H groups in total. The number of carbonyl (C=O) groups is 2. The second-order valence-electron chi connectivity index (χ2n) is 5.89. The molecular weight excluding hydrogens is 368 g/mol. The van der Waals surface area contributed by atoms with Gasteiger partial charge in [-0.25, -0.2) is 17.9 Å². The Morgan fingerprint density at radius 1 is 1.28 bits per heavy atom. The molecule has 138 valence electrons. The monoisotopic (exact) mass is 388 g/mol. The van der Waals surface area contributed by atoms with E-state index in [0.717, 1.165) is 31.7 Å². The molecule has 9 heteroatoms. The molecule has 0 saturated heterocycles. The summed E-state index contributed by atoms with van der Waals surface area (Å²) in [7, 11) is -2.57. The SMILES string of the molecule is CNS(=O)(=O)c1cc(C(=O)O[C@H](C)C(=O)NC2CCCC2)ccc1Cl. The number of nitrogens with one attached hydrogen (secondary N) is 2. The summed E-state index contributed by atoms with van der Waals surface area (Å²) in [4.78, 5) is 24.1. The normalized spacial score (nSPS) is 16.4. The number of amides is 1. The van der Waals surface area contributed by atoms with E-state index >= 15 is 0 Å². The molecule has 0 spiro atoms. The van der Waals surface area contributed by atoms with Crippen molar-refractivity contribution in [1.29, 1.82) is 0 Å². The Labute approximate surface area is 152 Å². The fraction of sp³-hybridized carbons (Fsp3) is 0.500. The number of ether oxygens (including phenoxy) is 1. The highest BCUT2D eigenvalue weighted by molar-refractivity contribution is 7.89. The molecule has 7 nitrogen and oxygen atoms in total. The first-order chi connectivity index (χ1) is 11.7. The highest BCUT2D eigenvalue weighted by atomic mass is 35.5. The van der Waals surface area contributed by atoms with E-state index in [-0.39, 0.29) is 27.4 Å². The largest absolute Gasteiger partial charge is 0.449 e. The zero-order valence-corrected chi connectivity index (χ0v) is 15.6. The number of halogens is 1. The lowest BCUT2D eigenvalue weighted by molar-refractivity contribution is -0.129. The summed E-state index contributed by atoms with van der Waals surface area (Å²) in [5.41, 5.74) is -0.00117. The summed E-state index contributed by atoms with van der Waals surface area (Å²) >= 11 is 5.88. The van der Waals surface area contributed by atoms with Crippen LogP contribution in [0.1, 0.15) is 43.0 Å². The number of rotatable bonds is 6. The van der Waals surface area contributed by atoms with Gasteiger partial charge in [0.05, 0.1) is 10.6 Å². The molecule has 0 bridgehead atoms. The Morgan fingerprint density at radius 3 is 2.52 bits per heavy atom. The number of esters is 1. The maximum Gasteiger partial charge on any atom is 0.338 e. The van der Waals surface area contributed by atoms with E-state index < -0.39 is 22.1 Å². The van der Waals surface area contributed by atoms with Crippen molar-refractivity contribution in [2.24, 2.45) is 0 Å². The molecule has 1 aliphatic carbocycles. The van der Waals surface area contributed by atoms with Gasteiger partial charge in [-0.05, 0) is 45.0 Å². The molecule has 25 heavy (non-hydrogen) atoms. The van der Waals surface area contributed by atoms with Crippen LogP contribution in [0.15, 0.2) is 23.1 Å². The molecular formula is C16H21ClN2O5S. The Kier molecular flexibility index (Phi) is 6.42. The number of benzene rings is 1. The van der Waals surface area contributed by atoms with Crippen LogP contribution in [0.25, 0.3) is 0 Å². The number of carbonyl (C=O) groups excluding carboxylic acids is 2. The summed E-state index contributed by atoms with van der Waals surface area (Å²) in [6.07, 6.45) is 3.02. The zero-order valence-electron chi connectivity index (χ0n) is 14.0. The Hall–Kier alpha value is -1.64. The highest BCUT2D eigenvalue weighted by Crippen LogP contribution is 2.23. The molecule has 1 aromatic rings. The van der Waals surface area contributed by atoms with Crippen LogP contribution in [0.4, 0.5) is 0 Å². The molecule has 1 fully saturated rings. The lowest BCUT2D eigenvalue weighted by Gasteiger charge is -2.17. The van der Waals surface area contributed by atoms with E-state index in [1.165, 1.54) is 26.1 Å². The van der Waals surface area contributed by atoms with Crippen LogP contribution in [0.2, 0.25) is 5.02 Å². The first-order valence-electron chi connectivity index (χ1n) is 7.99. The van der Waals surface area contributed by atoms with E-state index in [4.69, 9.17) is 16.3 Å². The Bertz CT molecular complexity index is 760. The van der Waals surface area contributed by atoms with Crippen LogP contribution in [0.5, 0.6) is 0 Å². The minimum absolute atomic E-state index is 0.00117. The first kappa shape index (κ1) is 19.7. The predicted octanol–water partition coefficient (Wildman–Crippen LogP) is 1.85. The van der Waals surface area contributed by atoms with Gasteiger partial charge in [-0.1, -0.05) is 24.4 Å². The van der Waals surface area contributed by atoms with Crippen LogP contribution < -0.4 is 10.0 Å². The molecule has 0 radical (unpaired) electrons. The van der Waals surface area contributed by atoms with Gasteiger partial charge in [0.15, 0.2) is 6.10 Å². The number of hydrogen-bond acceptors (Lipinski definition) is 5. The van der Waals surface area contributed by atoms with E-state index in [1.54, 1.807) is 0 Å². The molecule has 0 unspecified atom stereocenters. The van der Waals surface area contributed by atoms with Gasteiger partial charge >= 0.3 is 5.97 Å². The fourth-order valence-electron chi connectivity index (χ4n) is 2.62. The predicted molar refractivity (Wildman–Crippen MR) is 93.0 cm³/mol. The van der Waals surface area contributed by atoms with Crippen molar-refractivity contribution in [2.45, 2.75) is 49.6 Å². The van der Waals surface area contributed by atoms with Crippen molar-refractivity contribution in [1.82, 2.24) is 10.0 Å². The molecule has 1 aliphatic rings. The Balaban J connectivity index is 2.07. The quantitative estimate of drug-likeness (QED) is 0.724. The van der Waals surface area contributed by atoms with Crippen molar-refractivity contribution in [2.75, 3.05) is 7.05 Å². The van der Waals surface area contributed by atoms with Crippen molar-refractivity contribution < 1.29 is 22.7 Å². The summed E-state index contributed by atoms with van der Waals surface area (Å²) in [6.45, 7) is 1.48. The molecule has 1 saturated carbocycles. The summed E-state index contributed by atoms with van der Waals surface area (Å²) in [5.74, 6) is -1.16. The topological polar surface area (TPSA) is 102 Å². The van der Waals surface area contributed by atoms with Crippen LogP contribution in [0.3, 0.4) is 0 Å². The minimum Gasteiger partial charge on any atom is -0.449 e. The summed E-state index contributed by atoms with van der Waals surface area (Å²) < 4.78 is 31.1. The van der Waals surface area contributed by atoms with Crippen LogP contribution in [-0.2, 0) is 19.6 Å². The van der Waals surface area contributed by atoms with Gasteiger partial charge < -0.3 is 10.1 Å². The molecule has 0 aromatic heterocycles. The average Bonchev–Trinajstić information content (AvgIpc) is 3.07. The third kappa shape index (κ3) is 4.93. The average molecular weight is 389 g/mol. The third-order valence-electron chi connectivity index (χ3n) is 4.08. The van der Waals surface area contributed by atoms with Gasteiger partial charge in [0.25, 0.3) is 5.91 Å². The molecule has 1 atom stereocenters.